The number of methoxy groups -OCH3 is 1. The Morgan fingerprint density at radius 1 is 1.16 bits per heavy atom. The van der Waals surface area contributed by atoms with Gasteiger partial charge in [0.1, 0.15) is 11.4 Å². The smallest absolute Gasteiger partial charge is 0.253 e. The van der Waals surface area contributed by atoms with Crippen molar-refractivity contribution >= 4 is 29.1 Å². The maximum atomic E-state index is 12.2. The zero-order valence-corrected chi connectivity index (χ0v) is 14.8. The van der Waals surface area contributed by atoms with Crippen LogP contribution in [0.3, 0.4) is 0 Å². The first-order chi connectivity index (χ1) is 12.1. The normalized spacial score (nSPS) is 10.5. The van der Waals surface area contributed by atoms with E-state index in [2.05, 4.69) is 10.5 Å². The summed E-state index contributed by atoms with van der Waals surface area (Å²) >= 11 is 11.9. The molecule has 0 aliphatic heterocycles. The third-order valence-electron chi connectivity index (χ3n) is 3.54. The minimum atomic E-state index is -0.310. The van der Waals surface area contributed by atoms with Crippen LogP contribution in [0.25, 0.3) is 11.3 Å². The molecule has 0 unspecified atom stereocenters. The summed E-state index contributed by atoms with van der Waals surface area (Å²) in [6, 6.07) is 13.9. The van der Waals surface area contributed by atoms with Gasteiger partial charge in [0.25, 0.3) is 5.91 Å². The highest BCUT2D eigenvalue weighted by Gasteiger charge is 2.12. The van der Waals surface area contributed by atoms with Gasteiger partial charge in [-0.15, -0.1) is 0 Å². The van der Waals surface area contributed by atoms with Crippen LogP contribution in [0.15, 0.2) is 53.1 Å². The second-order valence-electron chi connectivity index (χ2n) is 5.22. The van der Waals surface area contributed by atoms with Crippen molar-refractivity contribution in [1.29, 1.82) is 0 Å². The van der Waals surface area contributed by atoms with E-state index in [0.717, 1.165) is 11.3 Å². The highest BCUT2D eigenvalue weighted by Crippen LogP contribution is 2.23. The largest absolute Gasteiger partial charge is 0.497 e. The summed E-state index contributed by atoms with van der Waals surface area (Å²) in [7, 11) is 1.61. The Hall–Kier alpha value is -2.50. The number of amides is 1. The van der Waals surface area contributed by atoms with Crippen molar-refractivity contribution in [1.82, 2.24) is 10.5 Å². The quantitative estimate of drug-likeness (QED) is 0.707. The van der Waals surface area contributed by atoms with Crippen molar-refractivity contribution in [3.63, 3.8) is 0 Å². The molecule has 1 amide bonds. The predicted octanol–water partition coefficient (Wildman–Crippen LogP) is 4.59. The van der Waals surface area contributed by atoms with Crippen LogP contribution in [0.1, 0.15) is 16.1 Å². The van der Waals surface area contributed by atoms with E-state index in [4.69, 9.17) is 32.5 Å². The minimum absolute atomic E-state index is 0.220. The number of nitrogens with one attached hydrogen (secondary N) is 1. The second-order valence-corrected chi connectivity index (χ2v) is 6.06. The van der Waals surface area contributed by atoms with E-state index in [9.17, 15) is 4.79 Å². The first-order valence-corrected chi connectivity index (χ1v) is 8.15. The molecule has 5 nitrogen and oxygen atoms in total. The molecule has 0 aliphatic rings. The average molecular weight is 377 g/mol. The summed E-state index contributed by atoms with van der Waals surface area (Å²) < 4.78 is 10.4. The molecule has 1 heterocycles. The van der Waals surface area contributed by atoms with Crippen molar-refractivity contribution in [2.45, 2.75) is 6.54 Å². The number of hydrogen-bond donors (Lipinski definition) is 1. The second kappa shape index (κ2) is 7.59. The molecule has 128 valence electrons. The number of rotatable bonds is 5. The molecule has 1 N–H and O–H groups in total. The molecular weight excluding hydrogens is 363 g/mol. The third kappa shape index (κ3) is 4.13. The molecule has 2 aromatic carbocycles. The molecule has 3 rings (SSSR count). The summed E-state index contributed by atoms with van der Waals surface area (Å²) in [4.78, 5) is 12.2. The number of carbonyl (C=O) groups is 1. The lowest BCUT2D eigenvalue weighted by atomic mass is 10.1. The van der Waals surface area contributed by atoms with E-state index in [1.165, 1.54) is 6.07 Å². The van der Waals surface area contributed by atoms with E-state index in [-0.39, 0.29) is 12.5 Å². The fourth-order valence-corrected chi connectivity index (χ4v) is 2.72. The SMILES string of the molecule is COc1ccc(-c2cc(CNC(=O)c3ccc(Cl)cc3Cl)no2)cc1. The van der Waals surface area contributed by atoms with Gasteiger partial charge in [-0.1, -0.05) is 28.4 Å². The van der Waals surface area contributed by atoms with Crippen molar-refractivity contribution in [3.05, 3.63) is 69.8 Å². The summed E-state index contributed by atoms with van der Waals surface area (Å²) in [5.41, 5.74) is 1.82. The van der Waals surface area contributed by atoms with Crippen molar-refractivity contribution in [3.8, 4) is 17.1 Å². The van der Waals surface area contributed by atoms with E-state index in [1.54, 1.807) is 25.3 Å². The lowest BCUT2D eigenvalue weighted by Crippen LogP contribution is -2.23. The average Bonchev–Trinajstić information content (AvgIpc) is 3.09. The molecule has 0 fully saturated rings. The zero-order chi connectivity index (χ0) is 17.8. The highest BCUT2D eigenvalue weighted by atomic mass is 35.5. The van der Waals surface area contributed by atoms with Crippen LogP contribution in [-0.2, 0) is 6.54 Å². The van der Waals surface area contributed by atoms with Crippen molar-refractivity contribution < 1.29 is 14.1 Å². The van der Waals surface area contributed by atoms with Gasteiger partial charge in [-0.2, -0.15) is 0 Å². The van der Waals surface area contributed by atoms with Gasteiger partial charge in [-0.3, -0.25) is 4.79 Å². The highest BCUT2D eigenvalue weighted by molar-refractivity contribution is 6.36. The number of benzene rings is 2. The summed E-state index contributed by atoms with van der Waals surface area (Å²) in [6.45, 7) is 0.220. The van der Waals surface area contributed by atoms with E-state index in [0.29, 0.717) is 27.1 Å². The molecule has 1 aromatic heterocycles. The standard InChI is InChI=1S/C18H14Cl2N2O3/c1-24-14-5-2-11(3-6-14)17-9-13(22-25-17)10-21-18(23)15-7-4-12(19)8-16(15)20/h2-9H,10H2,1H3,(H,21,23). The molecule has 0 saturated heterocycles. The maximum Gasteiger partial charge on any atom is 0.253 e. The van der Waals surface area contributed by atoms with Gasteiger partial charge in [0.05, 0.1) is 24.2 Å². The molecule has 0 radical (unpaired) electrons. The van der Waals surface area contributed by atoms with Gasteiger partial charge in [0, 0.05) is 16.7 Å². The summed E-state index contributed by atoms with van der Waals surface area (Å²) in [5.74, 6) is 1.06. The molecule has 0 bridgehead atoms. The Labute approximate surface area is 154 Å². The molecule has 0 aliphatic carbocycles. The van der Waals surface area contributed by atoms with Gasteiger partial charge >= 0.3 is 0 Å². The van der Waals surface area contributed by atoms with Crippen LogP contribution in [0.4, 0.5) is 0 Å². The molecule has 25 heavy (non-hydrogen) atoms. The lowest BCUT2D eigenvalue weighted by Gasteiger charge is -2.05. The maximum absolute atomic E-state index is 12.2. The summed E-state index contributed by atoms with van der Waals surface area (Å²) in [6.07, 6.45) is 0. The van der Waals surface area contributed by atoms with Gasteiger partial charge < -0.3 is 14.6 Å². The predicted molar refractivity (Wildman–Crippen MR) is 96.1 cm³/mol. The number of aromatic nitrogens is 1. The van der Waals surface area contributed by atoms with E-state index in [1.807, 2.05) is 24.3 Å². The molecule has 0 spiro atoms. The Bertz CT molecular complexity index is 892. The molecule has 7 heteroatoms. The van der Waals surface area contributed by atoms with Crippen LogP contribution in [-0.4, -0.2) is 18.2 Å². The van der Waals surface area contributed by atoms with Crippen LogP contribution in [0.5, 0.6) is 5.75 Å². The summed E-state index contributed by atoms with van der Waals surface area (Å²) in [5, 5.41) is 7.48. The van der Waals surface area contributed by atoms with Crippen LogP contribution < -0.4 is 10.1 Å². The number of ether oxygens (including phenoxy) is 1. The van der Waals surface area contributed by atoms with Crippen molar-refractivity contribution in [2.24, 2.45) is 0 Å². The minimum Gasteiger partial charge on any atom is -0.497 e. The Kier molecular flexibility index (Phi) is 5.26. The number of hydrogen-bond acceptors (Lipinski definition) is 4. The molecule has 3 aromatic rings. The van der Waals surface area contributed by atoms with Crippen LogP contribution >= 0.6 is 23.2 Å². The Balaban J connectivity index is 1.66. The molecule has 0 atom stereocenters. The number of halogens is 2. The first kappa shape index (κ1) is 17.3. The zero-order valence-electron chi connectivity index (χ0n) is 13.3. The number of nitrogens with zero attached hydrogens (tertiary/aromatic N) is 1. The van der Waals surface area contributed by atoms with Gasteiger partial charge in [-0.05, 0) is 42.5 Å². The van der Waals surface area contributed by atoms with Crippen LogP contribution in [0, 0.1) is 0 Å². The molecular formula is C18H14Cl2N2O3. The van der Waals surface area contributed by atoms with Gasteiger partial charge in [-0.25, -0.2) is 0 Å². The molecule has 0 saturated carbocycles. The van der Waals surface area contributed by atoms with Crippen molar-refractivity contribution in [2.75, 3.05) is 7.11 Å². The van der Waals surface area contributed by atoms with Gasteiger partial charge in [0.15, 0.2) is 5.76 Å². The van der Waals surface area contributed by atoms with Gasteiger partial charge in [0.2, 0.25) is 0 Å². The Morgan fingerprint density at radius 3 is 2.60 bits per heavy atom. The third-order valence-corrected chi connectivity index (χ3v) is 4.09. The van der Waals surface area contributed by atoms with Crippen LogP contribution in [0.2, 0.25) is 10.0 Å². The fraction of sp³-hybridized carbons (Fsp3) is 0.111. The fourth-order valence-electron chi connectivity index (χ4n) is 2.23. The van der Waals surface area contributed by atoms with E-state index >= 15 is 0 Å². The monoisotopic (exact) mass is 376 g/mol. The lowest BCUT2D eigenvalue weighted by molar-refractivity contribution is 0.0950. The Morgan fingerprint density at radius 2 is 1.92 bits per heavy atom. The first-order valence-electron chi connectivity index (χ1n) is 7.40. The number of carbonyl (C=O) groups excluding carboxylic acids is 1. The van der Waals surface area contributed by atoms with E-state index < -0.39 is 0 Å². The topological polar surface area (TPSA) is 64.4 Å².